The molecule has 0 aromatic heterocycles. The Bertz CT molecular complexity index is 1630. The molecule has 1 fully saturated rings. The maximum atomic E-state index is 14.1. The number of carbonyl (C=O) groups is 3. The van der Waals surface area contributed by atoms with Crippen LogP contribution in [0.3, 0.4) is 0 Å². The first kappa shape index (κ1) is 26.5. The van der Waals surface area contributed by atoms with Crippen molar-refractivity contribution >= 4 is 47.4 Å². The third-order valence-electron chi connectivity index (χ3n) is 7.11. The van der Waals surface area contributed by atoms with Crippen molar-refractivity contribution in [1.29, 1.82) is 0 Å². The molecule has 2 aliphatic heterocycles. The van der Waals surface area contributed by atoms with Gasteiger partial charge in [-0.15, -0.1) is 5.06 Å². The number of nitrogens with zero attached hydrogens (tertiary/aromatic N) is 3. The molecule has 5 rings (SSSR count). The van der Waals surface area contributed by atoms with E-state index in [1.54, 1.807) is 30.3 Å². The number of imide groups is 1. The fraction of sp³-hybridized carbons (Fsp3) is 0.241. The number of carbonyl (C=O) groups excluding carboxylic acids is 3. The first-order valence-corrected chi connectivity index (χ1v) is 14.1. The molecule has 1 atom stereocenters. The van der Waals surface area contributed by atoms with Gasteiger partial charge in [-0.05, 0) is 65.1 Å². The average molecular weight is 547 g/mol. The van der Waals surface area contributed by atoms with E-state index in [1.165, 1.54) is 0 Å². The summed E-state index contributed by atoms with van der Waals surface area (Å²) in [5.74, 6) is -1.95. The highest BCUT2D eigenvalue weighted by Gasteiger charge is 2.41. The van der Waals surface area contributed by atoms with Crippen LogP contribution in [0.4, 0.5) is 5.69 Å². The van der Waals surface area contributed by atoms with Crippen molar-refractivity contribution in [1.82, 2.24) is 5.06 Å². The van der Waals surface area contributed by atoms with Gasteiger partial charge >= 0.3 is 5.97 Å². The normalized spacial score (nSPS) is 20.1. The molecule has 0 spiro atoms. The summed E-state index contributed by atoms with van der Waals surface area (Å²) >= 11 is 0. The largest absolute Gasteiger partial charge is 0.378 e. The number of aryl methyl sites for hydroxylation is 1. The highest BCUT2D eigenvalue weighted by molar-refractivity contribution is 7.71. The number of hydroxylamine groups is 2. The Morgan fingerprint density at radius 1 is 1.03 bits per heavy atom. The predicted molar refractivity (Wildman–Crippen MR) is 148 cm³/mol. The van der Waals surface area contributed by atoms with Crippen molar-refractivity contribution in [2.75, 3.05) is 33.1 Å². The van der Waals surface area contributed by atoms with E-state index in [4.69, 9.17) is 4.84 Å². The minimum atomic E-state index is -3.99. The number of benzene rings is 2. The highest BCUT2D eigenvalue weighted by Crippen LogP contribution is 2.59. The zero-order valence-electron chi connectivity index (χ0n) is 22.4. The molecule has 0 bridgehead atoms. The Labute approximate surface area is 226 Å². The van der Waals surface area contributed by atoms with E-state index in [2.05, 4.69) is 0 Å². The second kappa shape index (κ2) is 9.59. The number of rotatable bonds is 4. The smallest absolute Gasteiger partial charge is 0.363 e. The number of allylic oxidation sites excluding steroid dienone is 5. The van der Waals surface area contributed by atoms with E-state index in [0.717, 1.165) is 17.0 Å². The van der Waals surface area contributed by atoms with Crippen LogP contribution < -0.4 is 10.2 Å². The molecule has 2 amide bonds. The maximum Gasteiger partial charge on any atom is 0.363 e. The molecule has 2 aromatic rings. The second-order valence-electron chi connectivity index (χ2n) is 10.1. The minimum Gasteiger partial charge on any atom is -0.378 e. The fourth-order valence-electron chi connectivity index (χ4n) is 4.90. The van der Waals surface area contributed by atoms with Gasteiger partial charge < -0.3 is 14.6 Å². The van der Waals surface area contributed by atoms with Crippen LogP contribution in [0.5, 0.6) is 0 Å². The first-order chi connectivity index (χ1) is 18.4. The van der Waals surface area contributed by atoms with Gasteiger partial charge in [-0.3, -0.25) is 14.2 Å². The van der Waals surface area contributed by atoms with Crippen LogP contribution in [-0.4, -0.2) is 66.2 Å². The second-order valence-corrected chi connectivity index (χ2v) is 12.2. The number of hydrogen-bond acceptors (Lipinski definition) is 6. The third kappa shape index (κ3) is 4.47. The molecule has 0 radical (unpaired) electrons. The van der Waals surface area contributed by atoms with Crippen molar-refractivity contribution in [3.8, 4) is 0 Å². The summed E-state index contributed by atoms with van der Waals surface area (Å²) in [4.78, 5) is 55.5. The van der Waals surface area contributed by atoms with Crippen LogP contribution in [0.25, 0.3) is 5.57 Å². The van der Waals surface area contributed by atoms with E-state index in [9.17, 15) is 23.8 Å². The quantitative estimate of drug-likeness (QED) is 0.357. The standard InChI is InChI=1S/C29H28N3O6P/c1-17-6-7-18(29(35)38-32-26(33)12-13-27(32)34)14-23(17)28-21-10-8-19(30(2)3)15-24(21)39(36,37)25-16-20(31(4)5)9-11-22(25)28/h6-11,14-16H,12-13H2,1-5H3/p+1. The van der Waals surface area contributed by atoms with Gasteiger partial charge in [-0.2, -0.15) is 0 Å². The monoisotopic (exact) mass is 546 g/mol. The van der Waals surface area contributed by atoms with Crippen LogP contribution in [0, 0.1) is 6.92 Å². The highest BCUT2D eigenvalue weighted by atomic mass is 31.2. The van der Waals surface area contributed by atoms with Crippen molar-refractivity contribution in [3.63, 3.8) is 0 Å². The number of anilines is 1. The van der Waals surface area contributed by atoms with Crippen LogP contribution in [-0.2, 0) is 19.0 Å². The van der Waals surface area contributed by atoms with Crippen molar-refractivity contribution in [2.24, 2.45) is 0 Å². The van der Waals surface area contributed by atoms with E-state index in [1.807, 2.05) is 68.9 Å². The van der Waals surface area contributed by atoms with Gasteiger partial charge in [0.15, 0.2) is 5.71 Å². The summed E-state index contributed by atoms with van der Waals surface area (Å²) in [6.45, 7) is 1.89. The summed E-state index contributed by atoms with van der Waals surface area (Å²) in [6.07, 6.45) is 5.46. The summed E-state index contributed by atoms with van der Waals surface area (Å²) in [6, 6.07) is 10.4. The van der Waals surface area contributed by atoms with Crippen LogP contribution in [0.15, 0.2) is 65.5 Å². The molecule has 39 heavy (non-hydrogen) atoms. The third-order valence-corrected chi connectivity index (χ3v) is 9.16. The van der Waals surface area contributed by atoms with E-state index in [-0.39, 0.29) is 18.4 Å². The summed E-state index contributed by atoms with van der Waals surface area (Å²) in [5.41, 5.74) is 5.09. The first-order valence-electron chi connectivity index (χ1n) is 12.4. The van der Waals surface area contributed by atoms with Gasteiger partial charge in [0.1, 0.15) is 14.1 Å². The van der Waals surface area contributed by atoms with Gasteiger partial charge in [-0.1, -0.05) is 12.1 Å². The van der Waals surface area contributed by atoms with Gasteiger partial charge in [-0.25, -0.2) is 9.37 Å². The zero-order valence-corrected chi connectivity index (χ0v) is 23.3. The van der Waals surface area contributed by atoms with Crippen LogP contribution in [0.2, 0.25) is 0 Å². The lowest BCUT2D eigenvalue weighted by molar-refractivity contribution is -0.462. The van der Waals surface area contributed by atoms with Gasteiger partial charge in [0.05, 0.1) is 16.2 Å². The Kier molecular flexibility index (Phi) is 6.53. The van der Waals surface area contributed by atoms with Gasteiger partial charge in [0, 0.05) is 44.8 Å². The fourth-order valence-corrected chi connectivity index (χ4v) is 6.80. The maximum absolute atomic E-state index is 14.1. The molecule has 2 aromatic carbocycles. The molecule has 1 unspecified atom stereocenters. The summed E-state index contributed by atoms with van der Waals surface area (Å²) in [5, 5.41) is 1.15. The molecule has 9 nitrogen and oxygen atoms in total. The van der Waals surface area contributed by atoms with E-state index < -0.39 is 25.2 Å². The topological polar surface area (TPSA) is 107 Å². The average Bonchev–Trinajstić information content (AvgIpc) is 3.21. The molecule has 2 heterocycles. The lowest BCUT2D eigenvalue weighted by Gasteiger charge is -2.31. The Morgan fingerprint density at radius 2 is 1.72 bits per heavy atom. The molecule has 200 valence electrons. The number of hydrogen-bond donors (Lipinski definition) is 1. The Morgan fingerprint density at radius 3 is 2.36 bits per heavy atom. The van der Waals surface area contributed by atoms with E-state index in [0.29, 0.717) is 38.0 Å². The van der Waals surface area contributed by atoms with Crippen LogP contribution >= 0.6 is 7.37 Å². The lowest BCUT2D eigenvalue weighted by Crippen LogP contribution is -2.32. The zero-order chi connectivity index (χ0) is 28.2. The van der Waals surface area contributed by atoms with Crippen molar-refractivity contribution < 1.29 is 33.3 Å². The predicted octanol–water partition coefficient (Wildman–Crippen LogP) is 3.16. The number of amides is 2. The van der Waals surface area contributed by atoms with Crippen molar-refractivity contribution in [2.45, 2.75) is 19.8 Å². The Hall–Kier alpha value is -4.07. The molecule has 1 aliphatic carbocycles. The molecule has 10 heteroatoms. The number of fused-ring (bicyclic) bond motifs is 2. The SMILES string of the molecule is Cc1ccc(C(=O)ON2C(=O)CCC2=O)cc1C1=C2C=CC(=[N+](C)C)C=C2P(=O)(O)c2cc(N(C)C)ccc21. The van der Waals surface area contributed by atoms with Crippen LogP contribution in [0.1, 0.15) is 39.9 Å². The molecule has 1 N–H and O–H groups in total. The van der Waals surface area contributed by atoms with E-state index >= 15 is 0 Å². The van der Waals surface area contributed by atoms with Gasteiger partial charge in [0.25, 0.3) is 19.2 Å². The molecule has 0 saturated carbocycles. The summed E-state index contributed by atoms with van der Waals surface area (Å²) in [7, 11) is 3.48. The van der Waals surface area contributed by atoms with Gasteiger partial charge in [0.2, 0.25) is 0 Å². The Balaban J connectivity index is 1.72. The molecular weight excluding hydrogens is 517 g/mol. The molecular formula is C29H29N3O6P+. The molecule has 1 saturated heterocycles. The lowest BCUT2D eigenvalue weighted by atomic mass is 9.87. The summed E-state index contributed by atoms with van der Waals surface area (Å²) < 4.78 is 16.0. The van der Waals surface area contributed by atoms with Crippen molar-refractivity contribution in [3.05, 3.63) is 87.8 Å². The molecule has 3 aliphatic rings. The minimum absolute atomic E-state index is 0.00183.